The Kier molecular flexibility index (Phi) is 5.33. The van der Waals surface area contributed by atoms with Gasteiger partial charge in [0.2, 0.25) is 11.8 Å². The van der Waals surface area contributed by atoms with Gasteiger partial charge in [-0.15, -0.1) is 0 Å². The highest BCUT2D eigenvalue weighted by molar-refractivity contribution is 6.15. The number of halogens is 1. The minimum atomic E-state index is -0.359. The van der Waals surface area contributed by atoms with Crippen molar-refractivity contribution in [2.24, 2.45) is 0 Å². The summed E-state index contributed by atoms with van der Waals surface area (Å²) in [6, 6.07) is 18.1. The van der Waals surface area contributed by atoms with Gasteiger partial charge in [0.15, 0.2) is 0 Å². The Balaban J connectivity index is 1.30. The Bertz CT molecular complexity index is 1440. The number of aryl methyl sites for hydroxylation is 1. The minimum absolute atomic E-state index is 0.0705. The van der Waals surface area contributed by atoms with Gasteiger partial charge in [-0.25, -0.2) is 4.39 Å². The standard InChI is InChI=1S/C26H21FN4O3/c1-15-19(20-12-17(27)8-11-21(20)28-15)13-24(32)29-18-9-6-16(7-10-18)26(34)31-14-25(33)30-22-4-2-3-5-23(22)31/h2-12,28H,13-14H2,1H3,(H,29,32)(H,30,33). The number of fused-ring (bicyclic) bond motifs is 2. The number of benzene rings is 3. The third-order valence-electron chi connectivity index (χ3n) is 5.85. The predicted molar refractivity (Wildman–Crippen MR) is 129 cm³/mol. The summed E-state index contributed by atoms with van der Waals surface area (Å²) in [7, 11) is 0. The minimum Gasteiger partial charge on any atom is -0.358 e. The van der Waals surface area contributed by atoms with Gasteiger partial charge in [-0.1, -0.05) is 12.1 Å². The molecule has 1 aromatic heterocycles. The maximum Gasteiger partial charge on any atom is 0.258 e. The lowest BCUT2D eigenvalue weighted by Gasteiger charge is -2.29. The summed E-state index contributed by atoms with van der Waals surface area (Å²) in [4.78, 5) is 42.4. The second-order valence-corrected chi connectivity index (χ2v) is 8.18. The van der Waals surface area contributed by atoms with E-state index in [1.807, 2.05) is 6.92 Å². The Morgan fingerprint density at radius 2 is 1.82 bits per heavy atom. The first-order valence-corrected chi connectivity index (χ1v) is 10.8. The van der Waals surface area contributed by atoms with Crippen molar-refractivity contribution in [1.29, 1.82) is 0 Å². The largest absolute Gasteiger partial charge is 0.358 e. The quantitative estimate of drug-likeness (QED) is 0.425. The zero-order chi connectivity index (χ0) is 23.8. The number of aromatic nitrogens is 1. The fourth-order valence-corrected chi connectivity index (χ4v) is 4.21. The number of hydrogen-bond donors (Lipinski definition) is 3. The molecule has 0 spiro atoms. The molecule has 5 rings (SSSR count). The van der Waals surface area contributed by atoms with Crippen LogP contribution in [-0.4, -0.2) is 29.3 Å². The van der Waals surface area contributed by atoms with Crippen molar-refractivity contribution in [2.75, 3.05) is 22.1 Å². The highest BCUT2D eigenvalue weighted by Crippen LogP contribution is 2.30. The summed E-state index contributed by atoms with van der Waals surface area (Å²) in [5, 5.41) is 6.26. The van der Waals surface area contributed by atoms with Gasteiger partial charge in [-0.05, 0) is 67.1 Å². The first-order valence-electron chi connectivity index (χ1n) is 10.8. The molecular weight excluding hydrogens is 435 g/mol. The van der Waals surface area contributed by atoms with E-state index in [2.05, 4.69) is 15.6 Å². The van der Waals surface area contributed by atoms with Gasteiger partial charge in [-0.3, -0.25) is 19.3 Å². The number of carbonyl (C=O) groups is 3. The van der Waals surface area contributed by atoms with Crippen molar-refractivity contribution in [3.8, 4) is 0 Å². The molecule has 8 heteroatoms. The lowest BCUT2D eigenvalue weighted by molar-refractivity contribution is -0.116. The number of para-hydroxylation sites is 2. The molecule has 0 saturated carbocycles. The van der Waals surface area contributed by atoms with Crippen LogP contribution in [0, 0.1) is 12.7 Å². The van der Waals surface area contributed by atoms with Crippen LogP contribution in [0.3, 0.4) is 0 Å². The van der Waals surface area contributed by atoms with Crippen molar-refractivity contribution in [1.82, 2.24) is 4.98 Å². The number of anilines is 3. The van der Waals surface area contributed by atoms with E-state index in [9.17, 15) is 18.8 Å². The molecule has 1 aliphatic rings. The fraction of sp³-hybridized carbons (Fsp3) is 0.115. The first kappa shape index (κ1) is 21.4. The van der Waals surface area contributed by atoms with Crippen molar-refractivity contribution in [3.63, 3.8) is 0 Å². The Labute approximate surface area is 194 Å². The maximum absolute atomic E-state index is 13.7. The van der Waals surface area contributed by atoms with Crippen LogP contribution >= 0.6 is 0 Å². The molecule has 7 nitrogen and oxygen atoms in total. The SMILES string of the molecule is Cc1[nH]c2ccc(F)cc2c1CC(=O)Nc1ccc(C(=O)N2CC(=O)Nc3ccccc32)cc1. The third kappa shape index (κ3) is 4.01. The van der Waals surface area contributed by atoms with E-state index in [0.29, 0.717) is 28.0 Å². The van der Waals surface area contributed by atoms with Crippen LogP contribution in [0.2, 0.25) is 0 Å². The van der Waals surface area contributed by atoms with E-state index in [-0.39, 0.29) is 36.5 Å². The molecular formula is C26H21FN4O3. The topological polar surface area (TPSA) is 94.3 Å². The summed E-state index contributed by atoms with van der Waals surface area (Å²) in [6.07, 6.45) is 0.0790. The van der Waals surface area contributed by atoms with E-state index >= 15 is 0 Å². The molecule has 3 N–H and O–H groups in total. The van der Waals surface area contributed by atoms with E-state index < -0.39 is 0 Å². The third-order valence-corrected chi connectivity index (χ3v) is 5.85. The molecule has 3 aromatic carbocycles. The molecule has 0 unspecified atom stereocenters. The van der Waals surface area contributed by atoms with Gasteiger partial charge in [0, 0.05) is 27.8 Å². The molecule has 0 aliphatic carbocycles. The number of H-pyrrole nitrogens is 1. The van der Waals surface area contributed by atoms with E-state index in [4.69, 9.17) is 0 Å². The summed E-state index contributed by atoms with van der Waals surface area (Å²) < 4.78 is 13.7. The summed E-state index contributed by atoms with van der Waals surface area (Å²) >= 11 is 0. The summed E-state index contributed by atoms with van der Waals surface area (Å²) in [5.74, 6) is -1.18. The molecule has 0 radical (unpaired) electrons. The number of hydrogen-bond acceptors (Lipinski definition) is 3. The van der Waals surface area contributed by atoms with E-state index in [1.54, 1.807) is 54.6 Å². The van der Waals surface area contributed by atoms with Crippen LogP contribution in [0.5, 0.6) is 0 Å². The Morgan fingerprint density at radius 3 is 2.62 bits per heavy atom. The number of aromatic amines is 1. The zero-order valence-electron chi connectivity index (χ0n) is 18.3. The van der Waals surface area contributed by atoms with Gasteiger partial charge >= 0.3 is 0 Å². The highest BCUT2D eigenvalue weighted by Gasteiger charge is 2.27. The molecule has 170 valence electrons. The number of amides is 3. The Morgan fingerprint density at radius 1 is 1.06 bits per heavy atom. The van der Waals surface area contributed by atoms with E-state index in [1.165, 1.54) is 17.0 Å². The van der Waals surface area contributed by atoms with Gasteiger partial charge in [0.1, 0.15) is 12.4 Å². The van der Waals surface area contributed by atoms with Crippen LogP contribution in [0.4, 0.5) is 21.5 Å². The lowest BCUT2D eigenvalue weighted by Crippen LogP contribution is -2.42. The molecule has 1 aliphatic heterocycles. The predicted octanol–water partition coefficient (Wildman–Crippen LogP) is 4.40. The van der Waals surface area contributed by atoms with Crippen molar-refractivity contribution in [2.45, 2.75) is 13.3 Å². The average molecular weight is 456 g/mol. The molecule has 4 aromatic rings. The van der Waals surface area contributed by atoms with Crippen LogP contribution in [0.15, 0.2) is 66.7 Å². The molecule has 0 bridgehead atoms. The van der Waals surface area contributed by atoms with Gasteiger partial charge < -0.3 is 15.6 Å². The molecule has 0 atom stereocenters. The fourth-order valence-electron chi connectivity index (χ4n) is 4.21. The zero-order valence-corrected chi connectivity index (χ0v) is 18.3. The first-order chi connectivity index (χ1) is 16.4. The molecule has 2 heterocycles. The second kappa shape index (κ2) is 8.47. The molecule has 0 saturated heterocycles. The van der Waals surface area contributed by atoms with Gasteiger partial charge in [0.25, 0.3) is 5.91 Å². The second-order valence-electron chi connectivity index (χ2n) is 8.18. The number of rotatable bonds is 4. The van der Waals surface area contributed by atoms with Crippen molar-refractivity contribution >= 4 is 45.7 Å². The highest BCUT2D eigenvalue weighted by atomic mass is 19.1. The summed E-state index contributed by atoms with van der Waals surface area (Å²) in [6.45, 7) is 1.78. The Hall–Kier alpha value is -4.46. The normalized spacial score (nSPS) is 12.9. The number of carbonyl (C=O) groups excluding carboxylic acids is 3. The van der Waals surface area contributed by atoms with Crippen LogP contribution < -0.4 is 15.5 Å². The van der Waals surface area contributed by atoms with Gasteiger partial charge in [-0.2, -0.15) is 0 Å². The monoisotopic (exact) mass is 456 g/mol. The number of nitrogens with one attached hydrogen (secondary N) is 3. The van der Waals surface area contributed by atoms with Crippen molar-refractivity contribution in [3.05, 3.63) is 89.4 Å². The lowest BCUT2D eigenvalue weighted by atomic mass is 10.1. The van der Waals surface area contributed by atoms with E-state index in [0.717, 1.165) is 16.8 Å². The molecule has 3 amide bonds. The van der Waals surface area contributed by atoms with Gasteiger partial charge in [0.05, 0.1) is 17.8 Å². The van der Waals surface area contributed by atoms with Crippen LogP contribution in [-0.2, 0) is 16.0 Å². The average Bonchev–Trinajstić information content (AvgIpc) is 3.12. The molecule has 34 heavy (non-hydrogen) atoms. The maximum atomic E-state index is 13.7. The molecule has 0 fully saturated rings. The van der Waals surface area contributed by atoms with Crippen LogP contribution in [0.1, 0.15) is 21.6 Å². The smallest absolute Gasteiger partial charge is 0.258 e. The summed E-state index contributed by atoms with van der Waals surface area (Å²) in [5.41, 5.74) is 4.46. The van der Waals surface area contributed by atoms with Crippen molar-refractivity contribution < 1.29 is 18.8 Å². The van der Waals surface area contributed by atoms with Crippen LogP contribution in [0.25, 0.3) is 10.9 Å². The number of nitrogens with zero attached hydrogens (tertiary/aromatic N) is 1.